The van der Waals surface area contributed by atoms with E-state index in [1.165, 1.54) is 6.07 Å². The number of anilines is 1. The van der Waals surface area contributed by atoms with Crippen molar-refractivity contribution in [1.82, 2.24) is 4.98 Å². The highest BCUT2D eigenvalue weighted by molar-refractivity contribution is 6.33. The minimum Gasteiger partial charge on any atom is -0.370 e. The van der Waals surface area contributed by atoms with Crippen LogP contribution >= 0.6 is 11.6 Å². The molecule has 1 unspecified atom stereocenters. The fourth-order valence-electron chi connectivity index (χ4n) is 1.22. The first kappa shape index (κ1) is 13.2. The lowest BCUT2D eigenvalue weighted by molar-refractivity contribution is -0.385. The van der Waals surface area contributed by atoms with Gasteiger partial charge >= 0.3 is 0 Å². The number of primary amides is 1. The van der Waals surface area contributed by atoms with E-state index in [1.54, 1.807) is 6.92 Å². The third-order valence-corrected chi connectivity index (χ3v) is 2.22. The van der Waals surface area contributed by atoms with Crippen molar-refractivity contribution in [2.45, 2.75) is 19.4 Å². The summed E-state index contributed by atoms with van der Waals surface area (Å²) < 4.78 is 0. The normalized spacial score (nSPS) is 11.9. The number of aromatic nitrogens is 1. The Balaban J connectivity index is 2.79. The zero-order chi connectivity index (χ0) is 13.0. The standard InChI is InChI=1S/C9H11ClN4O3/c1-5(2-8(11)15)13-9-7(10)3-6(4-12-9)14(16)17/h3-5H,2H2,1H3,(H2,11,15)(H,12,13). The molecule has 8 heteroatoms. The van der Waals surface area contributed by atoms with Crippen LogP contribution in [0.4, 0.5) is 11.5 Å². The van der Waals surface area contributed by atoms with E-state index < -0.39 is 10.8 Å². The topological polar surface area (TPSA) is 111 Å². The molecule has 0 saturated carbocycles. The number of hydrogen-bond acceptors (Lipinski definition) is 5. The van der Waals surface area contributed by atoms with Gasteiger partial charge in [-0.25, -0.2) is 4.98 Å². The summed E-state index contributed by atoms with van der Waals surface area (Å²) in [7, 11) is 0. The number of nitrogens with zero attached hydrogens (tertiary/aromatic N) is 2. The third-order valence-electron chi connectivity index (χ3n) is 1.93. The molecule has 3 N–H and O–H groups in total. The number of carbonyl (C=O) groups excluding carboxylic acids is 1. The highest BCUT2D eigenvalue weighted by Crippen LogP contribution is 2.24. The molecule has 0 aliphatic rings. The molecular weight excluding hydrogens is 248 g/mol. The smallest absolute Gasteiger partial charge is 0.289 e. The first-order chi connectivity index (χ1) is 7.90. The maximum absolute atomic E-state index is 10.7. The van der Waals surface area contributed by atoms with E-state index in [-0.39, 0.29) is 29.0 Å². The van der Waals surface area contributed by atoms with Crippen LogP contribution in [0.5, 0.6) is 0 Å². The van der Waals surface area contributed by atoms with Gasteiger partial charge in [0, 0.05) is 18.5 Å². The number of carbonyl (C=O) groups is 1. The summed E-state index contributed by atoms with van der Waals surface area (Å²) in [5.41, 5.74) is 4.84. The Hall–Kier alpha value is -1.89. The molecule has 7 nitrogen and oxygen atoms in total. The van der Waals surface area contributed by atoms with Crippen LogP contribution in [0.15, 0.2) is 12.3 Å². The number of rotatable bonds is 5. The quantitative estimate of drug-likeness (QED) is 0.611. The van der Waals surface area contributed by atoms with Gasteiger partial charge in [-0.05, 0) is 6.92 Å². The molecule has 0 radical (unpaired) electrons. The molecular formula is C9H11ClN4O3. The Morgan fingerprint density at radius 1 is 1.76 bits per heavy atom. The molecule has 1 heterocycles. The monoisotopic (exact) mass is 258 g/mol. The fourth-order valence-corrected chi connectivity index (χ4v) is 1.44. The molecule has 0 aliphatic carbocycles. The number of nitro groups is 1. The van der Waals surface area contributed by atoms with Crippen LogP contribution in [-0.2, 0) is 4.79 Å². The molecule has 1 amide bonds. The van der Waals surface area contributed by atoms with Gasteiger partial charge in [0.05, 0.1) is 9.95 Å². The lowest BCUT2D eigenvalue weighted by Crippen LogP contribution is -2.24. The Labute approximate surface area is 102 Å². The predicted octanol–water partition coefficient (Wildman–Crippen LogP) is 1.32. The second-order valence-corrected chi connectivity index (χ2v) is 3.90. The van der Waals surface area contributed by atoms with E-state index in [2.05, 4.69) is 10.3 Å². The van der Waals surface area contributed by atoms with E-state index in [0.717, 1.165) is 6.20 Å². The summed E-state index contributed by atoms with van der Waals surface area (Å²) in [6.07, 6.45) is 1.21. The second-order valence-electron chi connectivity index (χ2n) is 3.50. The molecule has 0 aliphatic heterocycles. The summed E-state index contributed by atoms with van der Waals surface area (Å²) in [4.78, 5) is 24.3. The number of nitrogens with one attached hydrogen (secondary N) is 1. The first-order valence-corrected chi connectivity index (χ1v) is 5.12. The summed E-state index contributed by atoms with van der Waals surface area (Å²) in [5, 5.41) is 13.4. The van der Waals surface area contributed by atoms with Crippen LogP contribution in [0.3, 0.4) is 0 Å². The van der Waals surface area contributed by atoms with Crippen LogP contribution in [-0.4, -0.2) is 21.9 Å². The third kappa shape index (κ3) is 3.87. The Morgan fingerprint density at radius 3 is 2.88 bits per heavy atom. The highest BCUT2D eigenvalue weighted by atomic mass is 35.5. The number of pyridine rings is 1. The molecule has 0 bridgehead atoms. The average molecular weight is 259 g/mol. The zero-order valence-electron chi connectivity index (χ0n) is 9.01. The van der Waals surface area contributed by atoms with Gasteiger partial charge in [0.2, 0.25) is 5.91 Å². The summed E-state index contributed by atoms with van der Waals surface area (Å²) in [5.74, 6) is -0.172. The van der Waals surface area contributed by atoms with Gasteiger partial charge in [0.15, 0.2) is 0 Å². The van der Waals surface area contributed by atoms with Crippen LogP contribution in [0.25, 0.3) is 0 Å². The van der Waals surface area contributed by atoms with Gasteiger partial charge in [0.1, 0.15) is 12.0 Å². The zero-order valence-corrected chi connectivity index (χ0v) is 9.77. The van der Waals surface area contributed by atoms with Crippen molar-refractivity contribution in [3.8, 4) is 0 Å². The minimum atomic E-state index is -0.588. The lowest BCUT2D eigenvalue weighted by atomic mass is 10.2. The van der Waals surface area contributed by atoms with Crippen molar-refractivity contribution in [2.24, 2.45) is 5.73 Å². The van der Waals surface area contributed by atoms with Crippen molar-refractivity contribution in [1.29, 1.82) is 0 Å². The van der Waals surface area contributed by atoms with Gasteiger partial charge < -0.3 is 11.1 Å². The van der Waals surface area contributed by atoms with Crippen molar-refractivity contribution in [2.75, 3.05) is 5.32 Å². The Bertz CT molecular complexity index is 452. The van der Waals surface area contributed by atoms with Crippen LogP contribution in [0, 0.1) is 10.1 Å². The SMILES string of the molecule is CC(CC(N)=O)Nc1ncc([N+](=O)[O-])cc1Cl. The fraction of sp³-hybridized carbons (Fsp3) is 0.333. The summed E-state index contributed by atoms with van der Waals surface area (Å²) in [6, 6.07) is 0.937. The Morgan fingerprint density at radius 2 is 2.41 bits per heavy atom. The molecule has 1 rings (SSSR count). The molecule has 0 spiro atoms. The van der Waals surface area contributed by atoms with Gasteiger partial charge in [-0.15, -0.1) is 0 Å². The van der Waals surface area contributed by atoms with Gasteiger partial charge in [-0.2, -0.15) is 0 Å². The molecule has 1 aromatic heterocycles. The van der Waals surface area contributed by atoms with Gasteiger partial charge in [0.25, 0.3) is 5.69 Å². The maximum atomic E-state index is 10.7. The van der Waals surface area contributed by atoms with Crippen molar-refractivity contribution < 1.29 is 9.72 Å². The number of nitrogens with two attached hydrogens (primary N) is 1. The Kier molecular flexibility index (Phi) is 4.22. The van der Waals surface area contributed by atoms with E-state index >= 15 is 0 Å². The van der Waals surface area contributed by atoms with E-state index in [9.17, 15) is 14.9 Å². The van der Waals surface area contributed by atoms with Crippen molar-refractivity contribution in [3.05, 3.63) is 27.4 Å². The summed E-state index contributed by atoms with van der Waals surface area (Å²) in [6.45, 7) is 1.73. The van der Waals surface area contributed by atoms with Crippen molar-refractivity contribution >= 4 is 29.0 Å². The van der Waals surface area contributed by atoms with Crippen LogP contribution < -0.4 is 11.1 Å². The first-order valence-electron chi connectivity index (χ1n) is 4.75. The van der Waals surface area contributed by atoms with E-state index in [4.69, 9.17) is 17.3 Å². The highest BCUT2D eigenvalue weighted by Gasteiger charge is 2.13. The molecule has 1 aromatic rings. The van der Waals surface area contributed by atoms with Crippen LogP contribution in [0.2, 0.25) is 5.02 Å². The molecule has 0 aromatic carbocycles. The molecule has 92 valence electrons. The number of hydrogen-bond donors (Lipinski definition) is 2. The predicted molar refractivity (Wildman–Crippen MR) is 62.8 cm³/mol. The number of amides is 1. The molecule has 1 atom stereocenters. The average Bonchev–Trinajstić information content (AvgIpc) is 2.19. The van der Waals surface area contributed by atoms with Gasteiger partial charge in [-0.3, -0.25) is 14.9 Å². The summed E-state index contributed by atoms with van der Waals surface area (Å²) >= 11 is 5.81. The number of halogens is 1. The largest absolute Gasteiger partial charge is 0.370 e. The lowest BCUT2D eigenvalue weighted by Gasteiger charge is -2.13. The van der Waals surface area contributed by atoms with E-state index in [1.807, 2.05) is 0 Å². The minimum absolute atomic E-state index is 0.120. The van der Waals surface area contributed by atoms with Gasteiger partial charge in [-0.1, -0.05) is 11.6 Å². The molecule has 0 saturated heterocycles. The van der Waals surface area contributed by atoms with Crippen LogP contribution in [0.1, 0.15) is 13.3 Å². The van der Waals surface area contributed by atoms with Crippen molar-refractivity contribution in [3.63, 3.8) is 0 Å². The maximum Gasteiger partial charge on any atom is 0.289 e. The molecule has 17 heavy (non-hydrogen) atoms. The second kappa shape index (κ2) is 5.44. The molecule has 0 fully saturated rings. The van der Waals surface area contributed by atoms with E-state index in [0.29, 0.717) is 0 Å².